The van der Waals surface area contributed by atoms with E-state index in [9.17, 15) is 9.59 Å². The Hall–Kier alpha value is -2.86. The number of fused-ring (bicyclic) bond motifs is 1. The summed E-state index contributed by atoms with van der Waals surface area (Å²) < 4.78 is 10.5. The van der Waals surface area contributed by atoms with Crippen LogP contribution < -0.4 is 14.8 Å². The largest absolute Gasteiger partial charge is 0.497 e. The first-order chi connectivity index (χ1) is 14.1. The lowest BCUT2D eigenvalue weighted by Gasteiger charge is -2.22. The molecule has 6 nitrogen and oxygen atoms in total. The highest BCUT2D eigenvalue weighted by molar-refractivity contribution is 6.52. The number of amides is 1. The monoisotopic (exact) mass is 396 g/mol. The Kier molecular flexibility index (Phi) is 6.88. The van der Waals surface area contributed by atoms with Gasteiger partial charge in [0.2, 0.25) is 0 Å². The van der Waals surface area contributed by atoms with E-state index in [1.165, 1.54) is 12.7 Å². The number of rotatable bonds is 10. The van der Waals surface area contributed by atoms with E-state index in [0.29, 0.717) is 23.4 Å². The summed E-state index contributed by atoms with van der Waals surface area (Å²) in [7, 11) is 3.20. The van der Waals surface area contributed by atoms with Crippen molar-refractivity contribution in [3.05, 3.63) is 53.1 Å². The Bertz CT molecular complexity index is 877. The standard InChI is InChI=1S/C23H28N2O4/c1-4-13-25(14-11-16-5-8-18(28-2)9-6-16)15-12-17-7-10-19(29-3)21-20(17)22(26)23(27)24-21/h5-10H,4,11-15H2,1-3H3,(H,24,26,27). The van der Waals surface area contributed by atoms with Gasteiger partial charge in [-0.15, -0.1) is 0 Å². The predicted octanol–water partition coefficient (Wildman–Crippen LogP) is 3.34. The number of carbonyl (C=O) groups is 2. The molecule has 0 aliphatic carbocycles. The van der Waals surface area contributed by atoms with Crippen LogP contribution in [-0.2, 0) is 17.6 Å². The maximum Gasteiger partial charge on any atom is 0.296 e. The third-order valence-electron chi connectivity index (χ3n) is 5.26. The van der Waals surface area contributed by atoms with Crippen molar-refractivity contribution in [1.29, 1.82) is 0 Å². The Morgan fingerprint density at radius 3 is 2.28 bits per heavy atom. The van der Waals surface area contributed by atoms with Gasteiger partial charge in [0.05, 0.1) is 25.5 Å². The normalized spacial score (nSPS) is 12.8. The molecular formula is C23H28N2O4. The fourth-order valence-corrected chi connectivity index (χ4v) is 3.68. The third kappa shape index (κ3) is 4.77. The van der Waals surface area contributed by atoms with Crippen molar-refractivity contribution in [1.82, 2.24) is 4.90 Å². The number of ketones is 1. The minimum Gasteiger partial charge on any atom is -0.497 e. The summed E-state index contributed by atoms with van der Waals surface area (Å²) in [6.07, 6.45) is 2.71. The topological polar surface area (TPSA) is 67.9 Å². The first-order valence-corrected chi connectivity index (χ1v) is 9.98. The van der Waals surface area contributed by atoms with Gasteiger partial charge in [-0.1, -0.05) is 25.1 Å². The average molecular weight is 396 g/mol. The van der Waals surface area contributed by atoms with Crippen molar-refractivity contribution in [2.45, 2.75) is 26.2 Å². The molecule has 1 amide bonds. The quantitative estimate of drug-likeness (QED) is 0.624. The van der Waals surface area contributed by atoms with Crippen molar-refractivity contribution in [2.24, 2.45) is 0 Å². The molecule has 2 aromatic carbocycles. The van der Waals surface area contributed by atoms with Crippen molar-refractivity contribution < 1.29 is 19.1 Å². The zero-order valence-electron chi connectivity index (χ0n) is 17.3. The number of nitrogens with zero attached hydrogens (tertiary/aromatic N) is 1. The molecule has 154 valence electrons. The van der Waals surface area contributed by atoms with Crippen molar-refractivity contribution in [3.63, 3.8) is 0 Å². The Morgan fingerprint density at radius 2 is 1.62 bits per heavy atom. The number of methoxy groups -OCH3 is 2. The van der Waals surface area contributed by atoms with Gasteiger partial charge in [-0.25, -0.2) is 0 Å². The molecule has 2 aromatic rings. The van der Waals surface area contributed by atoms with Crippen LogP contribution >= 0.6 is 0 Å². The molecule has 0 aromatic heterocycles. The van der Waals surface area contributed by atoms with E-state index in [2.05, 4.69) is 29.3 Å². The molecule has 1 heterocycles. The number of Topliss-reactive ketones (excluding diaryl/α,β-unsaturated/α-hetero) is 1. The second-order valence-corrected chi connectivity index (χ2v) is 7.15. The summed E-state index contributed by atoms with van der Waals surface area (Å²) in [4.78, 5) is 26.6. The van der Waals surface area contributed by atoms with Gasteiger partial charge in [-0.2, -0.15) is 0 Å². The van der Waals surface area contributed by atoms with E-state index >= 15 is 0 Å². The van der Waals surface area contributed by atoms with Crippen LogP contribution in [-0.4, -0.2) is 50.4 Å². The second-order valence-electron chi connectivity index (χ2n) is 7.15. The molecule has 0 spiro atoms. The molecule has 6 heteroatoms. The zero-order valence-corrected chi connectivity index (χ0v) is 17.3. The fourth-order valence-electron chi connectivity index (χ4n) is 3.68. The lowest BCUT2D eigenvalue weighted by molar-refractivity contribution is -0.112. The molecule has 3 rings (SSSR count). The van der Waals surface area contributed by atoms with Crippen molar-refractivity contribution in [2.75, 3.05) is 39.2 Å². The number of carbonyl (C=O) groups excluding carboxylic acids is 2. The lowest BCUT2D eigenvalue weighted by Crippen LogP contribution is -2.29. The van der Waals surface area contributed by atoms with Gasteiger partial charge in [0, 0.05) is 13.1 Å². The molecule has 1 N–H and O–H groups in total. The Balaban J connectivity index is 1.67. The number of nitrogens with one attached hydrogen (secondary N) is 1. The van der Waals surface area contributed by atoms with E-state index in [1.54, 1.807) is 7.11 Å². The summed E-state index contributed by atoms with van der Waals surface area (Å²) in [5.74, 6) is 0.318. The molecule has 0 atom stereocenters. The van der Waals surface area contributed by atoms with Gasteiger partial charge in [0.1, 0.15) is 11.5 Å². The summed E-state index contributed by atoms with van der Waals surface area (Å²) >= 11 is 0. The number of ether oxygens (including phenoxy) is 2. The third-order valence-corrected chi connectivity index (χ3v) is 5.26. The molecule has 0 bridgehead atoms. The van der Waals surface area contributed by atoms with Crippen LogP contribution in [0.25, 0.3) is 0 Å². The van der Waals surface area contributed by atoms with E-state index < -0.39 is 11.7 Å². The molecule has 29 heavy (non-hydrogen) atoms. The summed E-state index contributed by atoms with van der Waals surface area (Å²) in [5.41, 5.74) is 3.11. The Morgan fingerprint density at radius 1 is 0.897 bits per heavy atom. The number of hydrogen-bond donors (Lipinski definition) is 1. The summed E-state index contributed by atoms with van der Waals surface area (Å²) in [6, 6.07) is 11.9. The van der Waals surface area contributed by atoms with E-state index in [1.807, 2.05) is 24.3 Å². The molecule has 0 radical (unpaired) electrons. The molecule has 1 aliphatic heterocycles. The molecule has 0 saturated heterocycles. The van der Waals surface area contributed by atoms with Crippen LogP contribution in [0.3, 0.4) is 0 Å². The second kappa shape index (κ2) is 9.56. The van der Waals surface area contributed by atoms with Gasteiger partial charge in [-0.3, -0.25) is 9.59 Å². The van der Waals surface area contributed by atoms with Gasteiger partial charge in [0.15, 0.2) is 0 Å². The maximum atomic E-state index is 12.3. The molecule has 0 saturated carbocycles. The average Bonchev–Trinajstić information content (AvgIpc) is 3.05. The van der Waals surface area contributed by atoms with Gasteiger partial charge >= 0.3 is 0 Å². The molecule has 0 unspecified atom stereocenters. The highest BCUT2D eigenvalue weighted by Gasteiger charge is 2.33. The predicted molar refractivity (Wildman–Crippen MR) is 113 cm³/mol. The molecule has 1 aliphatic rings. The minimum absolute atomic E-state index is 0.459. The van der Waals surface area contributed by atoms with Gasteiger partial charge in [0.25, 0.3) is 11.7 Å². The number of benzene rings is 2. The van der Waals surface area contributed by atoms with Crippen LogP contribution in [0.4, 0.5) is 5.69 Å². The zero-order chi connectivity index (χ0) is 20.8. The highest BCUT2D eigenvalue weighted by atomic mass is 16.5. The minimum atomic E-state index is -0.587. The van der Waals surface area contributed by atoms with Gasteiger partial charge in [-0.05, 0) is 55.1 Å². The van der Waals surface area contributed by atoms with Crippen molar-refractivity contribution in [3.8, 4) is 11.5 Å². The fraction of sp³-hybridized carbons (Fsp3) is 0.391. The van der Waals surface area contributed by atoms with Crippen molar-refractivity contribution >= 4 is 17.4 Å². The summed E-state index contributed by atoms with van der Waals surface area (Å²) in [5, 5.41) is 2.64. The lowest BCUT2D eigenvalue weighted by atomic mass is 10.00. The summed E-state index contributed by atoms with van der Waals surface area (Å²) in [6.45, 7) is 4.91. The van der Waals surface area contributed by atoms with Crippen LogP contribution in [0.2, 0.25) is 0 Å². The highest BCUT2D eigenvalue weighted by Crippen LogP contribution is 2.35. The number of hydrogen-bond acceptors (Lipinski definition) is 5. The first kappa shape index (κ1) is 20.9. The van der Waals surface area contributed by atoms with Crippen LogP contribution in [0.1, 0.15) is 34.8 Å². The van der Waals surface area contributed by atoms with Crippen LogP contribution in [0.5, 0.6) is 11.5 Å². The number of anilines is 1. The van der Waals surface area contributed by atoms with Crippen LogP contribution in [0, 0.1) is 0 Å². The smallest absolute Gasteiger partial charge is 0.296 e. The van der Waals surface area contributed by atoms with E-state index in [4.69, 9.17) is 9.47 Å². The van der Waals surface area contributed by atoms with E-state index in [0.717, 1.165) is 43.8 Å². The molecular weight excluding hydrogens is 368 g/mol. The van der Waals surface area contributed by atoms with E-state index in [-0.39, 0.29) is 0 Å². The maximum absolute atomic E-state index is 12.3. The van der Waals surface area contributed by atoms with Gasteiger partial charge < -0.3 is 19.7 Å². The molecule has 0 fully saturated rings. The van der Waals surface area contributed by atoms with Crippen LogP contribution in [0.15, 0.2) is 36.4 Å². The Labute approximate surface area is 171 Å². The first-order valence-electron chi connectivity index (χ1n) is 9.98. The SMILES string of the molecule is CCCN(CCc1ccc(OC)cc1)CCc1ccc(OC)c2c1C(=O)C(=O)N2.